The fourth-order valence-electron chi connectivity index (χ4n) is 4.38. The number of aromatic nitrogens is 1. The third-order valence-electron chi connectivity index (χ3n) is 6.86. The lowest BCUT2D eigenvalue weighted by molar-refractivity contribution is -0.115. The van der Waals surface area contributed by atoms with Crippen LogP contribution in [-0.2, 0) is 9.59 Å². The van der Waals surface area contributed by atoms with Gasteiger partial charge in [0.05, 0.1) is 10.9 Å². The van der Waals surface area contributed by atoms with E-state index >= 15 is 0 Å². The Balaban J connectivity index is 1.22. The number of aryl methyl sites for hydroxylation is 2. The molecule has 0 radical (unpaired) electrons. The van der Waals surface area contributed by atoms with Crippen LogP contribution < -0.4 is 16.0 Å². The average Bonchev–Trinajstić information content (AvgIpc) is 3.42. The first-order valence-corrected chi connectivity index (χ1v) is 16.5. The second kappa shape index (κ2) is 15.1. The first-order chi connectivity index (χ1) is 22.1. The predicted molar refractivity (Wildman–Crippen MR) is 189 cm³/mol. The molecule has 0 saturated carbocycles. The molecule has 10 heteroatoms. The predicted octanol–water partition coefficient (Wildman–Crippen LogP) is 8.61. The van der Waals surface area contributed by atoms with E-state index < -0.39 is 17.1 Å². The minimum absolute atomic E-state index is 0.0721. The van der Waals surface area contributed by atoms with Gasteiger partial charge in [-0.05, 0) is 80.9 Å². The largest absolute Gasteiger partial charge is 0.321 e. The molecule has 46 heavy (non-hydrogen) atoms. The van der Waals surface area contributed by atoms with E-state index in [1.807, 2.05) is 63.2 Å². The number of nitrogens with one attached hydrogen (secondary N) is 3. The minimum Gasteiger partial charge on any atom is -0.321 e. The Morgan fingerprint density at radius 1 is 0.848 bits per heavy atom. The Morgan fingerprint density at radius 2 is 1.52 bits per heavy atom. The van der Waals surface area contributed by atoms with E-state index in [0.29, 0.717) is 27.0 Å². The van der Waals surface area contributed by atoms with Crippen molar-refractivity contribution in [3.05, 3.63) is 135 Å². The molecule has 0 aliphatic heterocycles. The molecular formula is C36H31ClN4O3S2. The van der Waals surface area contributed by atoms with Crippen LogP contribution in [0.3, 0.4) is 0 Å². The Hall–Kier alpha value is -4.70. The van der Waals surface area contributed by atoms with Gasteiger partial charge in [-0.15, -0.1) is 23.1 Å². The number of thioether (sulfide) groups is 1. The number of benzene rings is 4. The van der Waals surface area contributed by atoms with Gasteiger partial charge in [0, 0.05) is 31.6 Å². The van der Waals surface area contributed by atoms with Crippen molar-refractivity contribution in [3.8, 4) is 11.3 Å². The molecule has 0 spiro atoms. The lowest BCUT2D eigenvalue weighted by Gasteiger charge is -2.13. The molecule has 1 aromatic heterocycles. The van der Waals surface area contributed by atoms with E-state index in [4.69, 9.17) is 11.6 Å². The molecule has 5 aromatic rings. The van der Waals surface area contributed by atoms with Crippen molar-refractivity contribution in [2.24, 2.45) is 0 Å². The molecule has 232 valence electrons. The second-order valence-electron chi connectivity index (χ2n) is 10.4. The molecule has 5 rings (SSSR count). The summed E-state index contributed by atoms with van der Waals surface area (Å²) in [6.45, 7) is 5.87. The number of rotatable bonds is 10. The van der Waals surface area contributed by atoms with Crippen LogP contribution >= 0.6 is 34.7 Å². The number of hydrogen-bond donors (Lipinski definition) is 3. The van der Waals surface area contributed by atoms with Gasteiger partial charge in [0.1, 0.15) is 5.70 Å². The summed E-state index contributed by atoms with van der Waals surface area (Å²) in [6.07, 6.45) is 1.59. The zero-order chi connectivity index (χ0) is 32.6. The quantitative estimate of drug-likeness (QED) is 0.102. The van der Waals surface area contributed by atoms with Crippen molar-refractivity contribution in [2.75, 3.05) is 10.6 Å². The Kier molecular flexibility index (Phi) is 10.7. The molecule has 3 amide bonds. The molecule has 0 saturated heterocycles. The third-order valence-corrected chi connectivity index (χ3v) is 9.11. The highest BCUT2D eigenvalue weighted by Crippen LogP contribution is 2.32. The number of thiazole rings is 1. The first-order valence-electron chi connectivity index (χ1n) is 14.4. The van der Waals surface area contributed by atoms with Gasteiger partial charge < -0.3 is 16.0 Å². The van der Waals surface area contributed by atoms with Crippen molar-refractivity contribution in [2.45, 2.75) is 30.9 Å². The number of carbonyl (C=O) groups excluding carboxylic acids is 3. The number of hydrogen-bond acceptors (Lipinski definition) is 6. The van der Waals surface area contributed by atoms with Gasteiger partial charge in [-0.25, -0.2) is 4.98 Å². The number of nitrogens with zero attached hydrogens (tertiary/aromatic N) is 1. The fraction of sp³-hybridized carbons (Fsp3) is 0.111. The molecule has 4 aromatic carbocycles. The van der Waals surface area contributed by atoms with E-state index in [1.54, 1.807) is 66.7 Å². The van der Waals surface area contributed by atoms with Crippen molar-refractivity contribution >= 4 is 69.3 Å². The van der Waals surface area contributed by atoms with Crippen molar-refractivity contribution < 1.29 is 14.4 Å². The summed E-state index contributed by atoms with van der Waals surface area (Å²) in [5.41, 5.74) is 4.78. The summed E-state index contributed by atoms with van der Waals surface area (Å²) in [6, 6.07) is 30.9. The minimum atomic E-state index is -0.490. The maximum absolute atomic E-state index is 13.3. The van der Waals surface area contributed by atoms with E-state index in [0.717, 1.165) is 21.0 Å². The Labute approximate surface area is 281 Å². The summed E-state index contributed by atoms with van der Waals surface area (Å²) in [4.78, 5) is 45.7. The van der Waals surface area contributed by atoms with Crippen molar-refractivity contribution in [3.63, 3.8) is 0 Å². The SMILES string of the molecule is Cc1ccc(-c2nc(NC(=O)C(C)Sc3ccc(NC(=O)/C(=C/c4ccc(Cl)cc4)NC(=O)c4ccccc4)cc3)sc2C)cc1. The highest BCUT2D eigenvalue weighted by atomic mass is 35.5. The summed E-state index contributed by atoms with van der Waals surface area (Å²) in [5.74, 6) is -1.05. The van der Waals surface area contributed by atoms with Gasteiger partial charge in [0.25, 0.3) is 11.8 Å². The van der Waals surface area contributed by atoms with Crippen molar-refractivity contribution in [1.29, 1.82) is 0 Å². The number of anilines is 2. The van der Waals surface area contributed by atoms with Crippen LogP contribution in [0, 0.1) is 13.8 Å². The number of halogens is 1. The van der Waals surface area contributed by atoms with Crippen LogP contribution in [0.5, 0.6) is 0 Å². The van der Waals surface area contributed by atoms with Gasteiger partial charge in [-0.2, -0.15) is 0 Å². The van der Waals surface area contributed by atoms with Crippen LogP contribution in [0.2, 0.25) is 5.02 Å². The van der Waals surface area contributed by atoms with Gasteiger partial charge in [-0.3, -0.25) is 14.4 Å². The lowest BCUT2D eigenvalue weighted by Crippen LogP contribution is -2.30. The average molecular weight is 667 g/mol. The Bertz CT molecular complexity index is 1870. The van der Waals surface area contributed by atoms with E-state index in [-0.39, 0.29) is 11.6 Å². The summed E-state index contributed by atoms with van der Waals surface area (Å²) in [7, 11) is 0. The zero-order valence-electron chi connectivity index (χ0n) is 25.3. The molecule has 3 N–H and O–H groups in total. The molecule has 0 fully saturated rings. The third kappa shape index (κ3) is 8.72. The van der Waals surface area contributed by atoms with Crippen LogP contribution in [0.15, 0.2) is 114 Å². The van der Waals surface area contributed by atoms with Gasteiger partial charge in [-0.1, -0.05) is 71.8 Å². The molecule has 1 unspecified atom stereocenters. The van der Waals surface area contributed by atoms with E-state index in [1.165, 1.54) is 28.7 Å². The summed E-state index contributed by atoms with van der Waals surface area (Å²) >= 11 is 8.86. The number of amides is 3. The van der Waals surface area contributed by atoms with E-state index in [9.17, 15) is 14.4 Å². The molecule has 7 nitrogen and oxygen atoms in total. The standard InChI is InChI=1S/C36H31ClN4O3S2/c1-22-9-13-26(14-10-22)32-23(2)46-36(40-32)41-33(42)24(3)45-30-19-17-29(18-20-30)38-35(44)31(21-25-11-15-28(37)16-12-25)39-34(43)27-7-5-4-6-8-27/h4-21,24H,1-3H3,(H,38,44)(H,39,43)(H,40,41,42)/b31-21-. The topological polar surface area (TPSA) is 100 Å². The highest BCUT2D eigenvalue weighted by Gasteiger charge is 2.19. The second-order valence-corrected chi connectivity index (χ2v) is 13.5. The summed E-state index contributed by atoms with van der Waals surface area (Å²) in [5, 5.41) is 9.25. The van der Waals surface area contributed by atoms with Gasteiger partial charge >= 0.3 is 0 Å². The first kappa shape index (κ1) is 32.7. The molecule has 1 atom stereocenters. The smallest absolute Gasteiger partial charge is 0.272 e. The van der Waals surface area contributed by atoms with Gasteiger partial charge in [0.2, 0.25) is 5.91 Å². The summed E-state index contributed by atoms with van der Waals surface area (Å²) < 4.78 is 0. The zero-order valence-corrected chi connectivity index (χ0v) is 27.7. The molecule has 0 aliphatic rings. The van der Waals surface area contributed by atoms with E-state index in [2.05, 4.69) is 20.9 Å². The Morgan fingerprint density at radius 3 is 2.20 bits per heavy atom. The van der Waals surface area contributed by atoms with Crippen LogP contribution in [0.25, 0.3) is 17.3 Å². The van der Waals surface area contributed by atoms with Crippen LogP contribution in [0.1, 0.15) is 33.3 Å². The van der Waals surface area contributed by atoms with Gasteiger partial charge in [0.15, 0.2) is 5.13 Å². The molecule has 0 aliphatic carbocycles. The molecule has 1 heterocycles. The highest BCUT2D eigenvalue weighted by molar-refractivity contribution is 8.00. The molecular weight excluding hydrogens is 636 g/mol. The number of carbonyl (C=O) groups is 3. The van der Waals surface area contributed by atoms with Crippen molar-refractivity contribution in [1.82, 2.24) is 10.3 Å². The molecule has 0 bridgehead atoms. The van der Waals surface area contributed by atoms with Crippen LogP contribution in [-0.4, -0.2) is 28.0 Å². The maximum atomic E-state index is 13.3. The fourth-order valence-corrected chi connectivity index (χ4v) is 6.21. The maximum Gasteiger partial charge on any atom is 0.272 e. The lowest BCUT2D eigenvalue weighted by atomic mass is 10.1. The monoisotopic (exact) mass is 666 g/mol. The van der Waals surface area contributed by atoms with Crippen LogP contribution in [0.4, 0.5) is 10.8 Å². The normalized spacial score (nSPS) is 11.9.